The Hall–Kier alpha value is -1.87. The van der Waals surface area contributed by atoms with E-state index in [1.165, 1.54) is 10.4 Å². The van der Waals surface area contributed by atoms with Crippen LogP contribution >= 0.6 is 0 Å². The first kappa shape index (κ1) is 19.9. The average Bonchev–Trinajstić information content (AvgIpc) is 2.61. The molecule has 3 rings (SSSR count). The SMILES string of the molecule is O=C(NC1=CC(F)=CC(F)C1)C1CC(S(=O)(=O)N2CCCCC2)=CC=C1F. The summed E-state index contributed by atoms with van der Waals surface area (Å²) in [5, 5.41) is 2.32. The molecule has 1 amide bonds. The molecule has 1 fully saturated rings. The van der Waals surface area contributed by atoms with Gasteiger partial charge in [0.15, 0.2) is 0 Å². The van der Waals surface area contributed by atoms with Gasteiger partial charge >= 0.3 is 0 Å². The van der Waals surface area contributed by atoms with Crippen LogP contribution in [0.1, 0.15) is 32.1 Å². The Bertz CT molecular complexity index is 840. The van der Waals surface area contributed by atoms with E-state index >= 15 is 0 Å². The zero-order valence-electron chi connectivity index (χ0n) is 14.6. The predicted molar refractivity (Wildman–Crippen MR) is 94.7 cm³/mol. The van der Waals surface area contributed by atoms with Gasteiger partial charge in [-0.2, -0.15) is 4.31 Å². The summed E-state index contributed by atoms with van der Waals surface area (Å²) in [5.74, 6) is -3.78. The van der Waals surface area contributed by atoms with Gasteiger partial charge in [0.05, 0.1) is 10.8 Å². The van der Waals surface area contributed by atoms with Crippen molar-refractivity contribution in [1.82, 2.24) is 9.62 Å². The second kappa shape index (κ2) is 8.02. The first-order chi connectivity index (χ1) is 12.8. The predicted octanol–water partition coefficient (Wildman–Crippen LogP) is 3.15. The summed E-state index contributed by atoms with van der Waals surface area (Å²) in [4.78, 5) is 12.4. The maximum Gasteiger partial charge on any atom is 0.239 e. The number of sulfonamides is 1. The standard InChI is InChI=1S/C18H21F3N2O3S/c19-12-8-13(20)10-14(9-12)22-18(24)16-11-15(4-5-17(16)21)27(25,26)23-6-2-1-3-7-23/h4-5,8-9,13,16H,1-3,6-7,10-11H2,(H,22,24). The zero-order chi connectivity index (χ0) is 19.6. The molecule has 1 aliphatic heterocycles. The minimum absolute atomic E-state index is 0.00436. The molecule has 0 bridgehead atoms. The average molecular weight is 402 g/mol. The van der Waals surface area contributed by atoms with Crippen LogP contribution in [0.3, 0.4) is 0 Å². The van der Waals surface area contributed by atoms with E-state index < -0.39 is 39.7 Å². The number of carbonyl (C=O) groups excluding carboxylic acids is 1. The molecule has 27 heavy (non-hydrogen) atoms. The molecule has 5 nitrogen and oxygen atoms in total. The van der Waals surface area contributed by atoms with Crippen molar-refractivity contribution in [3.63, 3.8) is 0 Å². The summed E-state index contributed by atoms with van der Waals surface area (Å²) in [6, 6.07) is 0. The third kappa shape index (κ3) is 4.52. The third-order valence-corrected chi connectivity index (χ3v) is 6.83. The van der Waals surface area contributed by atoms with Gasteiger partial charge in [0.2, 0.25) is 15.9 Å². The van der Waals surface area contributed by atoms with Crippen molar-refractivity contribution in [3.8, 4) is 0 Å². The Morgan fingerprint density at radius 2 is 1.81 bits per heavy atom. The fourth-order valence-corrected chi connectivity index (χ4v) is 5.07. The summed E-state index contributed by atoms with van der Waals surface area (Å²) < 4.78 is 67.7. The lowest BCUT2D eigenvalue weighted by Gasteiger charge is -2.29. The maximum absolute atomic E-state index is 14.2. The second-order valence-corrected chi connectivity index (χ2v) is 8.83. The van der Waals surface area contributed by atoms with E-state index in [9.17, 15) is 26.4 Å². The van der Waals surface area contributed by atoms with E-state index in [4.69, 9.17) is 0 Å². The smallest absolute Gasteiger partial charge is 0.239 e. The number of hydrogen-bond donors (Lipinski definition) is 1. The van der Waals surface area contributed by atoms with E-state index in [-0.39, 0.29) is 23.4 Å². The van der Waals surface area contributed by atoms with Crippen LogP contribution in [0.4, 0.5) is 13.2 Å². The summed E-state index contributed by atoms with van der Waals surface area (Å²) in [5.41, 5.74) is -0.00436. The molecule has 0 aromatic carbocycles. The van der Waals surface area contributed by atoms with Crippen LogP contribution in [0.2, 0.25) is 0 Å². The zero-order valence-corrected chi connectivity index (χ0v) is 15.4. The van der Waals surface area contributed by atoms with Crippen LogP contribution in [0, 0.1) is 5.92 Å². The van der Waals surface area contributed by atoms with Gasteiger partial charge in [-0.1, -0.05) is 6.42 Å². The van der Waals surface area contributed by atoms with Crippen LogP contribution in [0.15, 0.2) is 46.6 Å². The number of hydrogen-bond acceptors (Lipinski definition) is 3. The van der Waals surface area contributed by atoms with E-state index in [0.29, 0.717) is 13.1 Å². The first-order valence-electron chi connectivity index (χ1n) is 8.86. The molecule has 1 saturated heterocycles. The number of piperidine rings is 1. The number of carbonyl (C=O) groups is 1. The van der Waals surface area contributed by atoms with Crippen molar-refractivity contribution < 1.29 is 26.4 Å². The van der Waals surface area contributed by atoms with Gasteiger partial charge in [0.1, 0.15) is 17.8 Å². The summed E-state index contributed by atoms with van der Waals surface area (Å²) in [7, 11) is -3.77. The van der Waals surface area contributed by atoms with Gasteiger partial charge in [-0.15, -0.1) is 0 Å². The van der Waals surface area contributed by atoms with E-state index in [1.807, 2.05) is 0 Å². The van der Waals surface area contributed by atoms with Crippen molar-refractivity contribution in [3.05, 3.63) is 46.6 Å². The molecule has 2 aliphatic carbocycles. The normalized spacial score (nSPS) is 27.2. The summed E-state index contributed by atoms with van der Waals surface area (Å²) >= 11 is 0. The van der Waals surface area contributed by atoms with Crippen LogP contribution in [-0.2, 0) is 14.8 Å². The lowest BCUT2D eigenvalue weighted by atomic mass is 9.97. The minimum Gasteiger partial charge on any atom is -0.329 e. The van der Waals surface area contributed by atoms with Gasteiger partial charge in [-0.25, -0.2) is 21.6 Å². The molecule has 0 saturated carbocycles. The number of amides is 1. The highest BCUT2D eigenvalue weighted by molar-refractivity contribution is 7.93. The Morgan fingerprint density at radius 3 is 2.48 bits per heavy atom. The van der Waals surface area contributed by atoms with Crippen LogP contribution in [-0.4, -0.2) is 37.9 Å². The second-order valence-electron chi connectivity index (χ2n) is 6.84. The molecule has 2 atom stereocenters. The van der Waals surface area contributed by atoms with Gasteiger partial charge in [-0.05, 0) is 37.1 Å². The lowest BCUT2D eigenvalue weighted by Crippen LogP contribution is -2.38. The number of nitrogens with zero attached hydrogens (tertiary/aromatic N) is 1. The molecule has 1 heterocycles. The van der Waals surface area contributed by atoms with Gasteiger partial charge < -0.3 is 5.32 Å². The van der Waals surface area contributed by atoms with Gasteiger partial charge in [0, 0.05) is 31.6 Å². The highest BCUT2D eigenvalue weighted by Gasteiger charge is 2.35. The van der Waals surface area contributed by atoms with E-state index in [0.717, 1.165) is 37.5 Å². The van der Waals surface area contributed by atoms with Crippen LogP contribution in [0.5, 0.6) is 0 Å². The minimum atomic E-state index is -3.77. The van der Waals surface area contributed by atoms with Crippen molar-refractivity contribution in [2.24, 2.45) is 5.92 Å². The van der Waals surface area contributed by atoms with E-state index in [2.05, 4.69) is 5.32 Å². The molecule has 1 N–H and O–H groups in total. The topological polar surface area (TPSA) is 66.5 Å². The van der Waals surface area contributed by atoms with Crippen LogP contribution < -0.4 is 5.32 Å². The Labute approximate surface area is 156 Å². The molecule has 0 aromatic rings. The molecular weight excluding hydrogens is 381 g/mol. The number of alkyl halides is 1. The Balaban J connectivity index is 1.73. The van der Waals surface area contributed by atoms with Crippen molar-refractivity contribution in [2.75, 3.05) is 13.1 Å². The first-order valence-corrected chi connectivity index (χ1v) is 10.3. The molecule has 2 unspecified atom stereocenters. The molecule has 9 heteroatoms. The third-order valence-electron chi connectivity index (χ3n) is 4.82. The molecule has 0 aromatic heterocycles. The van der Waals surface area contributed by atoms with Crippen molar-refractivity contribution in [2.45, 2.75) is 38.3 Å². The van der Waals surface area contributed by atoms with Gasteiger partial charge in [0.25, 0.3) is 0 Å². The monoisotopic (exact) mass is 402 g/mol. The fourth-order valence-electron chi connectivity index (χ4n) is 3.38. The quantitative estimate of drug-likeness (QED) is 0.786. The summed E-state index contributed by atoms with van der Waals surface area (Å²) in [6.07, 6.45) is 4.26. The lowest BCUT2D eigenvalue weighted by molar-refractivity contribution is -0.123. The molecule has 0 radical (unpaired) electrons. The molecule has 0 spiro atoms. The Morgan fingerprint density at radius 1 is 1.11 bits per heavy atom. The highest BCUT2D eigenvalue weighted by Crippen LogP contribution is 2.32. The summed E-state index contributed by atoms with van der Waals surface area (Å²) in [6.45, 7) is 0.804. The van der Waals surface area contributed by atoms with Crippen LogP contribution in [0.25, 0.3) is 0 Å². The highest BCUT2D eigenvalue weighted by atomic mass is 32.2. The Kier molecular flexibility index (Phi) is 5.90. The number of allylic oxidation sites excluding steroid dienone is 7. The fraction of sp³-hybridized carbons (Fsp3) is 0.500. The van der Waals surface area contributed by atoms with E-state index in [1.54, 1.807) is 0 Å². The molecular formula is C18H21F3N2O3S. The molecule has 3 aliphatic rings. The van der Waals surface area contributed by atoms with Crippen molar-refractivity contribution in [1.29, 1.82) is 0 Å². The number of rotatable bonds is 4. The van der Waals surface area contributed by atoms with Crippen molar-refractivity contribution >= 4 is 15.9 Å². The largest absolute Gasteiger partial charge is 0.329 e. The number of nitrogens with one attached hydrogen (secondary N) is 1. The maximum atomic E-state index is 14.2. The molecule has 148 valence electrons. The van der Waals surface area contributed by atoms with Gasteiger partial charge in [-0.3, -0.25) is 4.79 Å². The number of halogens is 3.